The zero-order valence-electron chi connectivity index (χ0n) is 9.54. The van der Waals surface area contributed by atoms with Gasteiger partial charge in [-0.2, -0.15) is 0 Å². The summed E-state index contributed by atoms with van der Waals surface area (Å²) in [6, 6.07) is 5.88. The summed E-state index contributed by atoms with van der Waals surface area (Å²) in [4.78, 5) is 16.3. The predicted molar refractivity (Wildman–Crippen MR) is 71.7 cm³/mol. The second-order valence-corrected chi connectivity index (χ2v) is 5.04. The minimum Gasteiger partial charge on any atom is -0.366 e. The quantitative estimate of drug-likeness (QED) is 0.782. The van der Waals surface area contributed by atoms with Crippen LogP contribution >= 0.6 is 11.3 Å². The van der Waals surface area contributed by atoms with Crippen LogP contribution in [0.15, 0.2) is 42.2 Å². The number of primary amides is 1. The molecule has 3 heterocycles. The Morgan fingerprint density at radius 3 is 3.11 bits per heavy atom. The molecule has 18 heavy (non-hydrogen) atoms. The SMILES string of the molecule is NC(=O)c1csc(Cn2ccc3ccncc32)c1. The summed E-state index contributed by atoms with van der Waals surface area (Å²) in [6.45, 7) is 0.729. The molecule has 0 atom stereocenters. The van der Waals surface area contributed by atoms with E-state index in [2.05, 4.69) is 15.6 Å². The number of fused-ring (bicyclic) bond motifs is 1. The van der Waals surface area contributed by atoms with E-state index >= 15 is 0 Å². The van der Waals surface area contributed by atoms with Crippen LogP contribution in [0.2, 0.25) is 0 Å². The van der Waals surface area contributed by atoms with Crippen molar-refractivity contribution in [1.29, 1.82) is 0 Å². The number of nitrogens with zero attached hydrogens (tertiary/aromatic N) is 2. The second-order valence-electron chi connectivity index (χ2n) is 4.04. The van der Waals surface area contributed by atoms with Crippen molar-refractivity contribution in [2.75, 3.05) is 0 Å². The van der Waals surface area contributed by atoms with Gasteiger partial charge in [0.05, 0.1) is 23.8 Å². The van der Waals surface area contributed by atoms with Gasteiger partial charge in [-0.05, 0) is 18.2 Å². The summed E-state index contributed by atoms with van der Waals surface area (Å²) in [7, 11) is 0. The van der Waals surface area contributed by atoms with Gasteiger partial charge in [-0.25, -0.2) is 0 Å². The van der Waals surface area contributed by atoms with Crippen molar-refractivity contribution in [2.45, 2.75) is 6.54 Å². The fourth-order valence-corrected chi connectivity index (χ4v) is 2.80. The van der Waals surface area contributed by atoms with Gasteiger partial charge in [0.2, 0.25) is 5.91 Å². The Hall–Kier alpha value is -2.14. The molecule has 0 unspecified atom stereocenters. The molecule has 3 aromatic rings. The molecule has 0 spiro atoms. The second kappa shape index (κ2) is 4.27. The van der Waals surface area contributed by atoms with Crippen LogP contribution in [-0.2, 0) is 6.54 Å². The molecule has 0 saturated carbocycles. The fraction of sp³-hybridized carbons (Fsp3) is 0.0769. The molecule has 90 valence electrons. The van der Waals surface area contributed by atoms with Crippen LogP contribution in [0, 0.1) is 0 Å². The Labute approximate surface area is 108 Å². The molecule has 0 fully saturated rings. The highest BCUT2D eigenvalue weighted by Crippen LogP contribution is 2.19. The zero-order chi connectivity index (χ0) is 12.5. The van der Waals surface area contributed by atoms with Gasteiger partial charge in [0, 0.05) is 28.0 Å². The minimum atomic E-state index is -0.378. The average Bonchev–Trinajstić information content (AvgIpc) is 2.98. The van der Waals surface area contributed by atoms with Crippen molar-refractivity contribution in [2.24, 2.45) is 5.73 Å². The maximum absolute atomic E-state index is 11.0. The first kappa shape index (κ1) is 11.0. The van der Waals surface area contributed by atoms with Gasteiger partial charge < -0.3 is 10.3 Å². The van der Waals surface area contributed by atoms with Crippen molar-refractivity contribution >= 4 is 28.1 Å². The van der Waals surface area contributed by atoms with E-state index in [-0.39, 0.29) is 5.91 Å². The number of carbonyl (C=O) groups excluding carboxylic acids is 1. The van der Waals surface area contributed by atoms with E-state index in [9.17, 15) is 4.79 Å². The molecule has 0 radical (unpaired) electrons. The molecular weight excluding hydrogens is 246 g/mol. The molecule has 0 aliphatic carbocycles. The van der Waals surface area contributed by atoms with Crippen molar-refractivity contribution < 1.29 is 4.79 Å². The summed E-state index contributed by atoms with van der Waals surface area (Å²) in [5.41, 5.74) is 6.91. The topological polar surface area (TPSA) is 60.9 Å². The van der Waals surface area contributed by atoms with E-state index in [4.69, 9.17) is 5.73 Å². The Balaban J connectivity index is 1.93. The van der Waals surface area contributed by atoms with Gasteiger partial charge in [0.1, 0.15) is 0 Å². The molecule has 0 aliphatic heterocycles. The summed E-state index contributed by atoms with van der Waals surface area (Å²) in [5.74, 6) is -0.378. The lowest BCUT2D eigenvalue weighted by molar-refractivity contribution is 0.100. The molecule has 0 aromatic carbocycles. The molecule has 3 rings (SSSR count). The highest BCUT2D eigenvalue weighted by Gasteiger charge is 2.06. The summed E-state index contributed by atoms with van der Waals surface area (Å²) >= 11 is 1.54. The summed E-state index contributed by atoms with van der Waals surface area (Å²) in [6.07, 6.45) is 5.65. The molecule has 2 N–H and O–H groups in total. The van der Waals surface area contributed by atoms with Gasteiger partial charge >= 0.3 is 0 Å². The van der Waals surface area contributed by atoms with E-state index in [1.807, 2.05) is 24.5 Å². The van der Waals surface area contributed by atoms with E-state index < -0.39 is 0 Å². The van der Waals surface area contributed by atoms with Crippen LogP contribution in [0.3, 0.4) is 0 Å². The first-order valence-corrected chi connectivity index (χ1v) is 6.38. The number of hydrogen-bond donors (Lipinski definition) is 1. The van der Waals surface area contributed by atoms with Crippen molar-refractivity contribution in [3.63, 3.8) is 0 Å². The Morgan fingerprint density at radius 1 is 1.44 bits per heavy atom. The number of carbonyl (C=O) groups is 1. The van der Waals surface area contributed by atoms with E-state index in [1.54, 1.807) is 22.9 Å². The number of nitrogens with two attached hydrogens (primary N) is 1. The summed E-state index contributed by atoms with van der Waals surface area (Å²) < 4.78 is 2.11. The number of amides is 1. The Morgan fingerprint density at radius 2 is 2.33 bits per heavy atom. The molecule has 3 aromatic heterocycles. The first-order valence-electron chi connectivity index (χ1n) is 5.50. The zero-order valence-corrected chi connectivity index (χ0v) is 10.4. The van der Waals surface area contributed by atoms with Gasteiger partial charge in [-0.3, -0.25) is 9.78 Å². The molecule has 5 heteroatoms. The van der Waals surface area contributed by atoms with E-state index in [1.165, 1.54) is 0 Å². The Bertz CT molecular complexity index is 714. The highest BCUT2D eigenvalue weighted by atomic mass is 32.1. The Kier molecular flexibility index (Phi) is 2.60. The molecule has 4 nitrogen and oxygen atoms in total. The monoisotopic (exact) mass is 257 g/mol. The van der Waals surface area contributed by atoms with Crippen LogP contribution in [0.25, 0.3) is 10.9 Å². The smallest absolute Gasteiger partial charge is 0.249 e. The van der Waals surface area contributed by atoms with Gasteiger partial charge in [0.15, 0.2) is 0 Å². The van der Waals surface area contributed by atoms with Crippen LogP contribution in [0.4, 0.5) is 0 Å². The fourth-order valence-electron chi connectivity index (χ4n) is 1.93. The third-order valence-electron chi connectivity index (χ3n) is 2.84. The first-order chi connectivity index (χ1) is 8.74. The molecule has 0 bridgehead atoms. The normalized spacial score (nSPS) is 10.9. The molecular formula is C13H11N3OS. The lowest BCUT2D eigenvalue weighted by Gasteiger charge is -2.02. The van der Waals surface area contributed by atoms with Crippen LogP contribution in [0.5, 0.6) is 0 Å². The third kappa shape index (κ3) is 1.89. The van der Waals surface area contributed by atoms with Crippen molar-refractivity contribution in [3.05, 3.63) is 52.6 Å². The molecule has 0 saturated heterocycles. The predicted octanol–water partition coefficient (Wildman–Crippen LogP) is 2.25. The van der Waals surface area contributed by atoms with Crippen LogP contribution in [0.1, 0.15) is 15.2 Å². The number of hydrogen-bond acceptors (Lipinski definition) is 3. The van der Waals surface area contributed by atoms with Crippen LogP contribution < -0.4 is 5.73 Å². The maximum Gasteiger partial charge on any atom is 0.249 e. The van der Waals surface area contributed by atoms with E-state index in [0.717, 1.165) is 22.3 Å². The lowest BCUT2D eigenvalue weighted by Crippen LogP contribution is -2.09. The standard InChI is InChI=1S/C13H11N3OS/c14-13(17)10-5-11(18-8-10)7-16-4-2-9-1-3-15-6-12(9)16/h1-6,8H,7H2,(H2,14,17). The van der Waals surface area contributed by atoms with Gasteiger partial charge in [-0.15, -0.1) is 11.3 Å². The summed E-state index contributed by atoms with van der Waals surface area (Å²) in [5, 5.41) is 2.96. The average molecular weight is 257 g/mol. The maximum atomic E-state index is 11.0. The number of aromatic nitrogens is 2. The largest absolute Gasteiger partial charge is 0.366 e. The van der Waals surface area contributed by atoms with Crippen molar-refractivity contribution in [3.8, 4) is 0 Å². The van der Waals surface area contributed by atoms with Crippen LogP contribution in [-0.4, -0.2) is 15.5 Å². The lowest BCUT2D eigenvalue weighted by atomic mass is 10.3. The number of thiophene rings is 1. The van der Waals surface area contributed by atoms with Gasteiger partial charge in [0.25, 0.3) is 0 Å². The molecule has 1 amide bonds. The number of rotatable bonds is 3. The minimum absolute atomic E-state index is 0.378. The highest BCUT2D eigenvalue weighted by molar-refractivity contribution is 7.10. The molecule has 0 aliphatic rings. The van der Waals surface area contributed by atoms with Gasteiger partial charge in [-0.1, -0.05) is 0 Å². The van der Waals surface area contributed by atoms with E-state index in [0.29, 0.717) is 5.56 Å². The van der Waals surface area contributed by atoms with Crippen molar-refractivity contribution in [1.82, 2.24) is 9.55 Å². The third-order valence-corrected chi connectivity index (χ3v) is 3.76. The number of pyridine rings is 1.